The van der Waals surface area contributed by atoms with Crippen molar-refractivity contribution in [2.75, 3.05) is 18.5 Å². The van der Waals surface area contributed by atoms with E-state index in [0.717, 1.165) is 12.3 Å². The Morgan fingerprint density at radius 2 is 2.00 bits per heavy atom. The van der Waals surface area contributed by atoms with Gasteiger partial charge in [0, 0.05) is 11.8 Å². The van der Waals surface area contributed by atoms with Crippen molar-refractivity contribution in [2.45, 2.75) is 0 Å². The van der Waals surface area contributed by atoms with Crippen LogP contribution in [0.2, 0.25) is 0 Å². The van der Waals surface area contributed by atoms with E-state index in [0.29, 0.717) is 30.4 Å². The quantitative estimate of drug-likeness (QED) is 0.903. The maximum Gasteiger partial charge on any atom is 0.339 e. The molecular formula is C14H11FN2O4. The molecule has 0 saturated heterocycles. The van der Waals surface area contributed by atoms with E-state index in [1.54, 1.807) is 18.2 Å². The lowest BCUT2D eigenvalue weighted by molar-refractivity contribution is 0.0697. The van der Waals surface area contributed by atoms with Crippen LogP contribution in [0.15, 0.2) is 30.5 Å². The second-order valence-electron chi connectivity index (χ2n) is 4.34. The van der Waals surface area contributed by atoms with E-state index < -0.39 is 11.8 Å². The lowest BCUT2D eigenvalue weighted by atomic mass is 10.2. The number of hydrogen-bond donors (Lipinski definition) is 2. The SMILES string of the molecule is O=C(O)c1cc(F)cnc1Nc1ccc2c(c1)OCCO2. The van der Waals surface area contributed by atoms with Crippen molar-refractivity contribution >= 4 is 17.5 Å². The van der Waals surface area contributed by atoms with E-state index in [2.05, 4.69) is 10.3 Å². The summed E-state index contributed by atoms with van der Waals surface area (Å²) in [5.74, 6) is -0.731. The average Bonchev–Trinajstić information content (AvgIpc) is 2.49. The Kier molecular flexibility index (Phi) is 3.31. The summed E-state index contributed by atoms with van der Waals surface area (Å²) in [7, 11) is 0. The minimum atomic E-state index is -1.26. The molecule has 0 fully saturated rings. The Labute approximate surface area is 119 Å². The molecule has 0 atom stereocenters. The highest BCUT2D eigenvalue weighted by molar-refractivity contribution is 5.94. The van der Waals surface area contributed by atoms with Crippen LogP contribution in [0.1, 0.15) is 10.4 Å². The van der Waals surface area contributed by atoms with E-state index in [9.17, 15) is 9.18 Å². The molecule has 6 nitrogen and oxygen atoms in total. The number of ether oxygens (including phenoxy) is 2. The molecule has 2 heterocycles. The molecule has 1 aliphatic rings. The number of nitrogens with one attached hydrogen (secondary N) is 1. The molecule has 0 aliphatic carbocycles. The first-order valence-corrected chi connectivity index (χ1v) is 6.19. The molecule has 7 heteroatoms. The Morgan fingerprint density at radius 1 is 1.24 bits per heavy atom. The van der Waals surface area contributed by atoms with E-state index in [1.165, 1.54) is 0 Å². The predicted octanol–water partition coefficient (Wildman–Crippen LogP) is 2.43. The highest BCUT2D eigenvalue weighted by Crippen LogP contribution is 2.33. The third kappa shape index (κ3) is 2.71. The number of nitrogens with zero attached hydrogens (tertiary/aromatic N) is 1. The second kappa shape index (κ2) is 5.28. The van der Waals surface area contributed by atoms with Crippen molar-refractivity contribution in [1.82, 2.24) is 4.98 Å². The van der Waals surface area contributed by atoms with E-state index in [1.807, 2.05) is 0 Å². The number of pyridine rings is 1. The molecule has 1 aromatic heterocycles. The van der Waals surface area contributed by atoms with Crippen molar-refractivity contribution in [2.24, 2.45) is 0 Å². The number of anilines is 2. The van der Waals surface area contributed by atoms with Gasteiger partial charge in [-0.3, -0.25) is 0 Å². The van der Waals surface area contributed by atoms with Gasteiger partial charge in [0.05, 0.1) is 6.20 Å². The molecule has 0 amide bonds. The third-order valence-corrected chi connectivity index (χ3v) is 2.89. The van der Waals surface area contributed by atoms with Crippen molar-refractivity contribution in [1.29, 1.82) is 0 Å². The molecule has 1 aliphatic heterocycles. The number of fused-ring (bicyclic) bond motifs is 1. The lowest BCUT2D eigenvalue weighted by Gasteiger charge is -2.19. The van der Waals surface area contributed by atoms with Crippen LogP contribution >= 0.6 is 0 Å². The number of halogens is 1. The maximum atomic E-state index is 13.1. The standard InChI is InChI=1S/C14H11FN2O4/c15-8-5-10(14(18)19)13(16-7-8)17-9-1-2-11-12(6-9)21-4-3-20-11/h1-2,5-7H,3-4H2,(H,16,17)(H,18,19). The molecule has 2 aromatic rings. The summed E-state index contributed by atoms with van der Waals surface area (Å²) in [6.07, 6.45) is 0.951. The number of carbonyl (C=O) groups is 1. The van der Waals surface area contributed by atoms with E-state index in [-0.39, 0.29) is 11.4 Å². The summed E-state index contributed by atoms with van der Waals surface area (Å²) in [6.45, 7) is 0.939. The Bertz CT molecular complexity index is 705. The zero-order valence-corrected chi connectivity index (χ0v) is 10.8. The van der Waals surface area contributed by atoms with Crippen LogP contribution in [0, 0.1) is 5.82 Å². The summed E-state index contributed by atoms with van der Waals surface area (Å²) >= 11 is 0. The molecule has 0 spiro atoms. The maximum absolute atomic E-state index is 13.1. The highest BCUT2D eigenvalue weighted by Gasteiger charge is 2.15. The normalized spacial score (nSPS) is 12.8. The van der Waals surface area contributed by atoms with Gasteiger partial charge in [0.2, 0.25) is 0 Å². The number of carboxylic acids is 1. The molecule has 0 saturated carbocycles. The first-order chi connectivity index (χ1) is 10.1. The molecular weight excluding hydrogens is 279 g/mol. The van der Waals surface area contributed by atoms with Gasteiger partial charge in [-0.15, -0.1) is 0 Å². The van der Waals surface area contributed by atoms with Crippen molar-refractivity contribution in [3.8, 4) is 11.5 Å². The predicted molar refractivity (Wildman–Crippen MR) is 71.9 cm³/mol. The van der Waals surface area contributed by atoms with Crippen LogP contribution in [0.5, 0.6) is 11.5 Å². The lowest BCUT2D eigenvalue weighted by Crippen LogP contribution is -2.15. The van der Waals surface area contributed by atoms with Gasteiger partial charge in [0.1, 0.15) is 30.4 Å². The van der Waals surface area contributed by atoms with E-state index in [4.69, 9.17) is 14.6 Å². The van der Waals surface area contributed by atoms with Crippen molar-refractivity contribution in [3.05, 3.63) is 41.8 Å². The van der Waals surface area contributed by atoms with Gasteiger partial charge in [0.25, 0.3) is 0 Å². The number of aromatic nitrogens is 1. The van der Waals surface area contributed by atoms with Gasteiger partial charge in [-0.2, -0.15) is 0 Å². The van der Waals surface area contributed by atoms with Crippen LogP contribution in [0.3, 0.4) is 0 Å². The first-order valence-electron chi connectivity index (χ1n) is 6.19. The number of rotatable bonds is 3. The molecule has 21 heavy (non-hydrogen) atoms. The summed E-state index contributed by atoms with van der Waals surface area (Å²) in [6, 6.07) is 5.99. The molecule has 0 radical (unpaired) electrons. The monoisotopic (exact) mass is 290 g/mol. The fourth-order valence-electron chi connectivity index (χ4n) is 1.96. The molecule has 3 rings (SSSR count). The number of benzene rings is 1. The molecule has 108 valence electrons. The second-order valence-corrected chi connectivity index (χ2v) is 4.34. The zero-order chi connectivity index (χ0) is 14.8. The molecule has 0 bridgehead atoms. The van der Waals surface area contributed by atoms with Gasteiger partial charge in [0.15, 0.2) is 11.5 Å². The number of hydrogen-bond acceptors (Lipinski definition) is 5. The van der Waals surface area contributed by atoms with Crippen LogP contribution in [0.25, 0.3) is 0 Å². The van der Waals surface area contributed by atoms with Crippen molar-refractivity contribution in [3.63, 3.8) is 0 Å². The van der Waals surface area contributed by atoms with Gasteiger partial charge in [-0.1, -0.05) is 0 Å². The van der Waals surface area contributed by atoms with Crippen LogP contribution < -0.4 is 14.8 Å². The largest absolute Gasteiger partial charge is 0.486 e. The Morgan fingerprint density at radius 3 is 2.76 bits per heavy atom. The van der Waals surface area contributed by atoms with E-state index >= 15 is 0 Å². The molecule has 0 unspecified atom stereocenters. The van der Waals surface area contributed by atoms with Gasteiger partial charge >= 0.3 is 5.97 Å². The van der Waals surface area contributed by atoms with Crippen LogP contribution in [-0.2, 0) is 0 Å². The fourth-order valence-corrected chi connectivity index (χ4v) is 1.96. The minimum absolute atomic E-state index is 0.0561. The third-order valence-electron chi connectivity index (χ3n) is 2.89. The first kappa shape index (κ1) is 13.2. The Hall–Kier alpha value is -2.83. The smallest absolute Gasteiger partial charge is 0.339 e. The van der Waals surface area contributed by atoms with Crippen molar-refractivity contribution < 1.29 is 23.8 Å². The zero-order valence-electron chi connectivity index (χ0n) is 10.8. The van der Waals surface area contributed by atoms with Crippen LogP contribution in [0.4, 0.5) is 15.9 Å². The summed E-state index contributed by atoms with van der Waals surface area (Å²) < 4.78 is 23.9. The summed E-state index contributed by atoms with van der Waals surface area (Å²) in [4.78, 5) is 14.9. The number of aromatic carboxylic acids is 1. The summed E-state index contributed by atoms with van der Waals surface area (Å²) in [5, 5.41) is 11.9. The molecule has 2 N–H and O–H groups in total. The highest BCUT2D eigenvalue weighted by atomic mass is 19.1. The van der Waals surface area contributed by atoms with Gasteiger partial charge < -0.3 is 19.9 Å². The average molecular weight is 290 g/mol. The van der Waals surface area contributed by atoms with Gasteiger partial charge in [-0.05, 0) is 18.2 Å². The minimum Gasteiger partial charge on any atom is -0.486 e. The summed E-state index contributed by atoms with van der Waals surface area (Å²) in [5.41, 5.74) is 0.325. The number of carboxylic acid groups (broad SMARTS) is 1. The molecule has 1 aromatic carbocycles. The topological polar surface area (TPSA) is 80.7 Å². The fraction of sp³-hybridized carbons (Fsp3) is 0.143. The van der Waals surface area contributed by atoms with Gasteiger partial charge in [-0.25, -0.2) is 14.2 Å². The van der Waals surface area contributed by atoms with Crippen LogP contribution in [-0.4, -0.2) is 29.3 Å². The Balaban J connectivity index is 1.92.